The van der Waals surface area contributed by atoms with Crippen molar-refractivity contribution >= 4 is 34.8 Å². The molecule has 1 saturated carbocycles. The maximum Gasteiger partial charge on any atom is 0.241 e. The highest BCUT2D eigenvalue weighted by Crippen LogP contribution is 2.41. The number of hydrogen-bond acceptors (Lipinski definition) is 2. The van der Waals surface area contributed by atoms with Gasteiger partial charge in [0.1, 0.15) is 0 Å². The van der Waals surface area contributed by atoms with Gasteiger partial charge in [-0.1, -0.05) is 59.6 Å². The first kappa shape index (κ1) is 17.3. The van der Waals surface area contributed by atoms with Crippen LogP contribution in [-0.2, 0) is 4.79 Å². The molecule has 3 rings (SSSR count). The van der Waals surface area contributed by atoms with E-state index in [-0.39, 0.29) is 18.0 Å². The summed E-state index contributed by atoms with van der Waals surface area (Å²) < 4.78 is 0. The standard InChI is InChI=1S/C19H20Cl2N2O/c1-12(19(24)23-16-9-5-8-15(20)17(16)21)22-18(14-10-11-14)13-6-3-2-4-7-13/h2-9,12,14,18,22H,10-11H2,1H3,(H,23,24)/t12-,18-/m1/s1. The van der Waals surface area contributed by atoms with E-state index >= 15 is 0 Å². The Balaban J connectivity index is 1.68. The van der Waals surface area contributed by atoms with Crippen LogP contribution in [0.25, 0.3) is 0 Å². The predicted octanol–water partition coefficient (Wildman–Crippen LogP) is 5.06. The van der Waals surface area contributed by atoms with E-state index in [4.69, 9.17) is 23.2 Å². The second kappa shape index (κ2) is 7.56. The number of hydrogen-bond donors (Lipinski definition) is 2. The Morgan fingerprint density at radius 2 is 1.79 bits per heavy atom. The van der Waals surface area contributed by atoms with E-state index in [1.807, 2.05) is 25.1 Å². The zero-order valence-corrected chi connectivity index (χ0v) is 14.9. The fourth-order valence-electron chi connectivity index (χ4n) is 2.78. The molecular weight excluding hydrogens is 343 g/mol. The van der Waals surface area contributed by atoms with Crippen molar-refractivity contribution in [3.8, 4) is 0 Å². The smallest absolute Gasteiger partial charge is 0.241 e. The Hall–Kier alpha value is -1.55. The molecule has 1 amide bonds. The minimum atomic E-state index is -0.342. The van der Waals surface area contributed by atoms with Gasteiger partial charge in [0, 0.05) is 6.04 Å². The molecule has 5 heteroatoms. The van der Waals surface area contributed by atoms with Crippen molar-refractivity contribution in [2.45, 2.75) is 31.8 Å². The van der Waals surface area contributed by atoms with Crippen LogP contribution in [0, 0.1) is 5.92 Å². The molecule has 0 bridgehead atoms. The Labute approximate surface area is 152 Å². The minimum Gasteiger partial charge on any atom is -0.323 e. The molecule has 2 aromatic carbocycles. The molecule has 0 radical (unpaired) electrons. The first-order valence-corrected chi connectivity index (χ1v) is 8.87. The van der Waals surface area contributed by atoms with Gasteiger partial charge in [0.25, 0.3) is 0 Å². The van der Waals surface area contributed by atoms with E-state index in [0.29, 0.717) is 21.7 Å². The molecule has 0 saturated heterocycles. The zero-order chi connectivity index (χ0) is 17.1. The van der Waals surface area contributed by atoms with Crippen LogP contribution in [0.4, 0.5) is 5.69 Å². The van der Waals surface area contributed by atoms with Crippen LogP contribution in [0.3, 0.4) is 0 Å². The Bertz CT molecular complexity index is 717. The lowest BCUT2D eigenvalue weighted by Gasteiger charge is -2.23. The second-order valence-electron chi connectivity index (χ2n) is 6.20. The number of carbonyl (C=O) groups excluding carboxylic acids is 1. The lowest BCUT2D eigenvalue weighted by Crippen LogP contribution is -2.41. The van der Waals surface area contributed by atoms with Crippen molar-refractivity contribution in [3.05, 3.63) is 64.1 Å². The summed E-state index contributed by atoms with van der Waals surface area (Å²) in [5.41, 5.74) is 1.76. The number of nitrogens with one attached hydrogen (secondary N) is 2. The molecule has 2 N–H and O–H groups in total. The maximum absolute atomic E-state index is 12.5. The SMILES string of the molecule is C[C@@H](N[C@H](c1ccccc1)C1CC1)C(=O)Nc1cccc(Cl)c1Cl. The van der Waals surface area contributed by atoms with Crippen LogP contribution in [0.15, 0.2) is 48.5 Å². The van der Waals surface area contributed by atoms with Crippen molar-refractivity contribution in [1.82, 2.24) is 5.32 Å². The van der Waals surface area contributed by atoms with Gasteiger partial charge in [-0.15, -0.1) is 0 Å². The number of carbonyl (C=O) groups is 1. The zero-order valence-electron chi connectivity index (χ0n) is 13.4. The Morgan fingerprint density at radius 3 is 2.46 bits per heavy atom. The highest BCUT2D eigenvalue weighted by Gasteiger charge is 2.34. The molecule has 0 spiro atoms. The topological polar surface area (TPSA) is 41.1 Å². The molecule has 0 aromatic heterocycles. The molecule has 0 heterocycles. The lowest BCUT2D eigenvalue weighted by molar-refractivity contribution is -0.118. The number of anilines is 1. The van der Waals surface area contributed by atoms with Gasteiger partial charge < -0.3 is 5.32 Å². The van der Waals surface area contributed by atoms with E-state index in [0.717, 1.165) is 0 Å². The van der Waals surface area contributed by atoms with E-state index in [1.165, 1.54) is 18.4 Å². The van der Waals surface area contributed by atoms with Gasteiger partial charge in [-0.2, -0.15) is 0 Å². The van der Waals surface area contributed by atoms with E-state index in [2.05, 4.69) is 22.8 Å². The normalized spacial score (nSPS) is 16.5. The molecule has 126 valence electrons. The Kier molecular flexibility index (Phi) is 5.44. The van der Waals surface area contributed by atoms with Crippen LogP contribution in [0.1, 0.15) is 31.4 Å². The molecule has 1 aliphatic rings. The van der Waals surface area contributed by atoms with E-state index in [9.17, 15) is 4.79 Å². The van der Waals surface area contributed by atoms with Gasteiger partial charge in [-0.3, -0.25) is 10.1 Å². The fraction of sp³-hybridized carbons (Fsp3) is 0.316. The molecule has 1 fully saturated rings. The second-order valence-corrected chi connectivity index (χ2v) is 6.99. The number of rotatable bonds is 6. The third-order valence-corrected chi connectivity index (χ3v) is 5.10. The number of halogens is 2. The summed E-state index contributed by atoms with van der Waals surface area (Å²) in [6.07, 6.45) is 2.39. The highest BCUT2D eigenvalue weighted by molar-refractivity contribution is 6.44. The molecule has 0 unspecified atom stereocenters. The van der Waals surface area contributed by atoms with Crippen LogP contribution in [0.5, 0.6) is 0 Å². The van der Waals surface area contributed by atoms with Gasteiger partial charge >= 0.3 is 0 Å². The molecule has 1 aliphatic carbocycles. The number of benzene rings is 2. The first-order valence-electron chi connectivity index (χ1n) is 8.12. The summed E-state index contributed by atoms with van der Waals surface area (Å²) in [7, 11) is 0. The van der Waals surface area contributed by atoms with Gasteiger partial charge in [-0.05, 0) is 43.4 Å². The summed E-state index contributed by atoms with van der Waals surface area (Å²) >= 11 is 12.1. The van der Waals surface area contributed by atoms with Crippen molar-refractivity contribution in [1.29, 1.82) is 0 Å². The van der Waals surface area contributed by atoms with Crippen molar-refractivity contribution in [3.63, 3.8) is 0 Å². The molecular formula is C19H20Cl2N2O. The van der Waals surface area contributed by atoms with Crippen LogP contribution in [0.2, 0.25) is 10.0 Å². The summed E-state index contributed by atoms with van der Waals surface area (Å²) in [6.45, 7) is 1.87. The summed E-state index contributed by atoms with van der Waals surface area (Å²) in [5.74, 6) is 0.471. The van der Waals surface area contributed by atoms with E-state index < -0.39 is 0 Å². The summed E-state index contributed by atoms with van der Waals surface area (Å²) in [6, 6.07) is 15.3. The Morgan fingerprint density at radius 1 is 1.08 bits per heavy atom. The van der Waals surface area contributed by atoms with Crippen molar-refractivity contribution in [2.75, 3.05) is 5.32 Å². The first-order chi connectivity index (χ1) is 11.6. The van der Waals surface area contributed by atoms with Gasteiger partial charge in [0.15, 0.2) is 0 Å². The number of amides is 1. The quantitative estimate of drug-likeness (QED) is 0.753. The van der Waals surface area contributed by atoms with Crippen LogP contribution >= 0.6 is 23.2 Å². The molecule has 3 nitrogen and oxygen atoms in total. The third-order valence-electron chi connectivity index (χ3n) is 4.28. The molecule has 2 aromatic rings. The average Bonchev–Trinajstić information content (AvgIpc) is 3.42. The third kappa shape index (κ3) is 4.10. The summed E-state index contributed by atoms with van der Waals surface area (Å²) in [5, 5.41) is 7.10. The largest absolute Gasteiger partial charge is 0.323 e. The minimum absolute atomic E-state index is 0.124. The predicted molar refractivity (Wildman–Crippen MR) is 99.6 cm³/mol. The van der Waals surface area contributed by atoms with Gasteiger partial charge in [0.05, 0.1) is 21.8 Å². The fourth-order valence-corrected chi connectivity index (χ4v) is 3.13. The van der Waals surface area contributed by atoms with E-state index in [1.54, 1.807) is 18.2 Å². The highest BCUT2D eigenvalue weighted by atomic mass is 35.5. The molecule has 2 atom stereocenters. The van der Waals surface area contributed by atoms with Crippen LogP contribution < -0.4 is 10.6 Å². The van der Waals surface area contributed by atoms with Gasteiger partial charge in [-0.25, -0.2) is 0 Å². The van der Waals surface area contributed by atoms with Crippen molar-refractivity contribution in [2.24, 2.45) is 5.92 Å². The van der Waals surface area contributed by atoms with Crippen molar-refractivity contribution < 1.29 is 4.79 Å². The average molecular weight is 363 g/mol. The summed E-state index contributed by atoms with van der Waals surface area (Å²) in [4.78, 5) is 12.5. The monoisotopic (exact) mass is 362 g/mol. The van der Waals surface area contributed by atoms with Gasteiger partial charge in [0.2, 0.25) is 5.91 Å². The molecule has 0 aliphatic heterocycles. The van der Waals surface area contributed by atoms with Crippen LogP contribution in [-0.4, -0.2) is 11.9 Å². The molecule has 24 heavy (non-hydrogen) atoms. The lowest BCUT2D eigenvalue weighted by atomic mass is 10.0. The maximum atomic E-state index is 12.5.